The number of benzene rings is 4. The van der Waals surface area contributed by atoms with Gasteiger partial charge in [-0.3, -0.25) is 9.69 Å². The standard InChI is InChI=1S/C32H33N3O4S/c1-24-11-9-10-16-28(24)32(36)33-29-23-27(17-18-30(29)39-2)40(37,38)35-21-19-34(20-22-35)31(25-12-5-3-6-13-25)26-14-7-4-8-15-26/h3-18,23,31H,19-22H2,1-2H3,(H,33,36). The molecule has 0 atom stereocenters. The van der Waals surface area contributed by atoms with Crippen molar-refractivity contribution >= 4 is 21.6 Å². The van der Waals surface area contributed by atoms with Crippen LogP contribution in [0, 0.1) is 6.92 Å². The van der Waals surface area contributed by atoms with Gasteiger partial charge < -0.3 is 10.1 Å². The summed E-state index contributed by atoms with van der Waals surface area (Å²) in [5, 5.41) is 2.84. The Kier molecular flexibility index (Phi) is 8.30. The lowest BCUT2D eigenvalue weighted by atomic mass is 9.96. The Bertz CT molecular complexity index is 1530. The molecule has 0 spiro atoms. The number of nitrogens with one attached hydrogen (secondary N) is 1. The first-order valence-corrected chi connectivity index (χ1v) is 14.7. The summed E-state index contributed by atoms with van der Waals surface area (Å²) in [4.78, 5) is 15.4. The van der Waals surface area contributed by atoms with Gasteiger partial charge in [0.1, 0.15) is 5.75 Å². The summed E-state index contributed by atoms with van der Waals surface area (Å²) in [6.07, 6.45) is 0. The van der Waals surface area contributed by atoms with Crippen LogP contribution in [0.25, 0.3) is 0 Å². The van der Waals surface area contributed by atoms with Crippen LogP contribution in [0.15, 0.2) is 108 Å². The second-order valence-electron chi connectivity index (χ2n) is 9.80. The van der Waals surface area contributed by atoms with Crippen molar-refractivity contribution in [3.63, 3.8) is 0 Å². The van der Waals surface area contributed by atoms with Gasteiger partial charge in [-0.25, -0.2) is 8.42 Å². The van der Waals surface area contributed by atoms with Crippen LogP contribution < -0.4 is 10.1 Å². The number of anilines is 1. The summed E-state index contributed by atoms with van der Waals surface area (Å²) in [5.74, 6) is 0.0618. The molecule has 1 amide bonds. The highest BCUT2D eigenvalue weighted by molar-refractivity contribution is 7.89. The van der Waals surface area contributed by atoms with E-state index in [2.05, 4.69) is 34.5 Å². The molecular weight excluding hydrogens is 522 g/mol. The van der Waals surface area contributed by atoms with Crippen molar-refractivity contribution in [1.82, 2.24) is 9.21 Å². The Labute approximate surface area is 236 Å². The molecule has 40 heavy (non-hydrogen) atoms. The first-order chi connectivity index (χ1) is 19.4. The fraction of sp³-hybridized carbons (Fsp3) is 0.219. The van der Waals surface area contributed by atoms with Crippen LogP contribution in [-0.2, 0) is 10.0 Å². The largest absolute Gasteiger partial charge is 0.495 e. The maximum Gasteiger partial charge on any atom is 0.256 e. The summed E-state index contributed by atoms with van der Waals surface area (Å²) in [7, 11) is -2.31. The van der Waals surface area contributed by atoms with Gasteiger partial charge in [0.05, 0.1) is 23.7 Å². The molecule has 206 valence electrons. The SMILES string of the molecule is COc1ccc(S(=O)(=O)N2CCN(C(c3ccccc3)c3ccccc3)CC2)cc1NC(=O)c1ccccc1C. The van der Waals surface area contributed by atoms with E-state index >= 15 is 0 Å². The highest BCUT2D eigenvalue weighted by Crippen LogP contribution is 2.32. The van der Waals surface area contributed by atoms with Gasteiger partial charge in [0.15, 0.2) is 0 Å². The second kappa shape index (κ2) is 12.0. The minimum absolute atomic E-state index is 0.0384. The van der Waals surface area contributed by atoms with Crippen LogP contribution in [0.3, 0.4) is 0 Å². The van der Waals surface area contributed by atoms with E-state index < -0.39 is 10.0 Å². The van der Waals surface area contributed by atoms with Crippen molar-refractivity contribution < 1.29 is 17.9 Å². The van der Waals surface area contributed by atoms with Gasteiger partial charge in [-0.1, -0.05) is 78.9 Å². The average Bonchev–Trinajstić information content (AvgIpc) is 2.99. The molecule has 4 aromatic rings. The minimum atomic E-state index is -3.80. The fourth-order valence-electron chi connectivity index (χ4n) is 5.20. The zero-order chi connectivity index (χ0) is 28.1. The highest BCUT2D eigenvalue weighted by Gasteiger charge is 2.32. The Morgan fingerprint density at radius 3 is 1.95 bits per heavy atom. The smallest absolute Gasteiger partial charge is 0.256 e. The molecule has 1 heterocycles. The zero-order valence-corrected chi connectivity index (χ0v) is 23.5. The third-order valence-electron chi connectivity index (χ3n) is 7.32. The number of carbonyl (C=O) groups is 1. The molecule has 1 aliphatic heterocycles. The summed E-state index contributed by atoms with van der Waals surface area (Å²) >= 11 is 0. The lowest BCUT2D eigenvalue weighted by Crippen LogP contribution is -2.49. The third-order valence-corrected chi connectivity index (χ3v) is 9.21. The summed E-state index contributed by atoms with van der Waals surface area (Å²) < 4.78 is 34.4. The van der Waals surface area contributed by atoms with E-state index in [4.69, 9.17) is 4.74 Å². The lowest BCUT2D eigenvalue weighted by molar-refractivity contribution is 0.102. The van der Waals surface area contributed by atoms with E-state index in [1.54, 1.807) is 18.2 Å². The van der Waals surface area contributed by atoms with Gasteiger partial charge in [0.25, 0.3) is 5.91 Å². The Hall–Kier alpha value is -3.98. The predicted molar refractivity (Wildman–Crippen MR) is 157 cm³/mol. The first-order valence-electron chi connectivity index (χ1n) is 13.3. The molecule has 0 radical (unpaired) electrons. The van der Waals surface area contributed by atoms with Gasteiger partial charge in [-0.15, -0.1) is 0 Å². The number of ether oxygens (including phenoxy) is 1. The molecular formula is C32H33N3O4S. The number of piperazine rings is 1. The first kappa shape index (κ1) is 27.6. The van der Waals surface area contributed by atoms with E-state index in [0.717, 1.165) is 5.56 Å². The molecule has 1 fully saturated rings. The van der Waals surface area contributed by atoms with Crippen molar-refractivity contribution in [3.8, 4) is 5.75 Å². The molecule has 8 heteroatoms. The lowest BCUT2D eigenvalue weighted by Gasteiger charge is -2.39. The van der Waals surface area contributed by atoms with Gasteiger partial charge >= 0.3 is 0 Å². The monoisotopic (exact) mass is 555 g/mol. The van der Waals surface area contributed by atoms with E-state index in [1.807, 2.05) is 55.5 Å². The molecule has 7 nitrogen and oxygen atoms in total. The molecule has 4 aromatic carbocycles. The average molecular weight is 556 g/mol. The van der Waals surface area contributed by atoms with Gasteiger partial charge in [0, 0.05) is 31.7 Å². The molecule has 1 saturated heterocycles. The number of sulfonamides is 1. The zero-order valence-electron chi connectivity index (χ0n) is 22.7. The third kappa shape index (κ3) is 5.79. The summed E-state index contributed by atoms with van der Waals surface area (Å²) in [6, 6.07) is 32.5. The van der Waals surface area contributed by atoms with E-state index in [1.165, 1.54) is 34.7 Å². The molecule has 0 bridgehead atoms. The number of nitrogens with zero attached hydrogens (tertiary/aromatic N) is 2. The van der Waals surface area contributed by atoms with Crippen LogP contribution in [0.1, 0.15) is 33.1 Å². The van der Waals surface area contributed by atoms with E-state index in [0.29, 0.717) is 43.2 Å². The van der Waals surface area contributed by atoms with Crippen molar-refractivity contribution in [3.05, 3.63) is 125 Å². The molecule has 5 rings (SSSR count). The molecule has 0 saturated carbocycles. The predicted octanol–water partition coefficient (Wildman–Crippen LogP) is 5.35. The number of methoxy groups -OCH3 is 1. The summed E-state index contributed by atoms with van der Waals surface area (Å²) in [6.45, 7) is 3.74. The van der Waals surface area contributed by atoms with Crippen molar-refractivity contribution in [1.29, 1.82) is 0 Å². The molecule has 0 aromatic heterocycles. The molecule has 0 aliphatic carbocycles. The highest BCUT2D eigenvalue weighted by atomic mass is 32.2. The minimum Gasteiger partial charge on any atom is -0.495 e. The Morgan fingerprint density at radius 2 is 1.38 bits per heavy atom. The number of rotatable bonds is 8. The van der Waals surface area contributed by atoms with Gasteiger partial charge in [-0.2, -0.15) is 4.31 Å². The van der Waals surface area contributed by atoms with Crippen molar-refractivity contribution in [2.75, 3.05) is 38.6 Å². The Morgan fingerprint density at radius 1 is 0.800 bits per heavy atom. The van der Waals surface area contributed by atoms with Gasteiger partial charge in [0.2, 0.25) is 10.0 Å². The maximum absolute atomic E-state index is 13.7. The van der Waals surface area contributed by atoms with Crippen LogP contribution >= 0.6 is 0 Å². The van der Waals surface area contributed by atoms with E-state index in [9.17, 15) is 13.2 Å². The maximum atomic E-state index is 13.7. The Balaban J connectivity index is 1.35. The topological polar surface area (TPSA) is 79.0 Å². The normalized spacial score (nSPS) is 14.7. The van der Waals surface area contributed by atoms with Crippen molar-refractivity contribution in [2.45, 2.75) is 17.9 Å². The molecule has 1 aliphatic rings. The van der Waals surface area contributed by atoms with Crippen LogP contribution in [0.2, 0.25) is 0 Å². The molecule has 0 unspecified atom stereocenters. The fourth-order valence-corrected chi connectivity index (χ4v) is 6.65. The van der Waals surface area contributed by atoms with Crippen molar-refractivity contribution in [2.24, 2.45) is 0 Å². The van der Waals surface area contributed by atoms with Crippen LogP contribution in [0.5, 0.6) is 5.75 Å². The van der Waals surface area contributed by atoms with Crippen LogP contribution in [0.4, 0.5) is 5.69 Å². The number of carbonyl (C=O) groups excluding carboxylic acids is 1. The molecule has 1 N–H and O–H groups in total. The number of hydrogen-bond acceptors (Lipinski definition) is 5. The number of amides is 1. The van der Waals surface area contributed by atoms with Gasteiger partial charge in [-0.05, 0) is 47.9 Å². The van der Waals surface area contributed by atoms with Crippen LogP contribution in [-0.4, -0.2) is 56.8 Å². The van der Waals surface area contributed by atoms with E-state index in [-0.39, 0.29) is 16.8 Å². The quantitative estimate of drug-likeness (QED) is 0.317. The number of hydrogen-bond donors (Lipinski definition) is 1. The second-order valence-corrected chi connectivity index (χ2v) is 11.7. The summed E-state index contributed by atoms with van der Waals surface area (Å²) in [5.41, 5.74) is 4.00. The number of aryl methyl sites for hydroxylation is 1.